The van der Waals surface area contributed by atoms with Crippen LogP contribution in [0.25, 0.3) is 21.6 Å². The van der Waals surface area contributed by atoms with Crippen molar-refractivity contribution < 1.29 is 0 Å². The van der Waals surface area contributed by atoms with Crippen LogP contribution in [0.2, 0.25) is 0 Å². The van der Waals surface area contributed by atoms with E-state index in [9.17, 15) is 0 Å². The van der Waals surface area contributed by atoms with Crippen LogP contribution in [0, 0.1) is 4.77 Å². The Morgan fingerprint density at radius 2 is 1.75 bits per heavy atom. The summed E-state index contributed by atoms with van der Waals surface area (Å²) in [7, 11) is 0. The van der Waals surface area contributed by atoms with Gasteiger partial charge in [0.05, 0.1) is 21.9 Å². The Bertz CT molecular complexity index is 1100. The van der Waals surface area contributed by atoms with Crippen LogP contribution in [0.4, 0.5) is 0 Å². The molecule has 3 heterocycles. The maximum absolute atomic E-state index is 5.46. The highest BCUT2D eigenvalue weighted by atomic mass is 32.1. The molecule has 142 valence electrons. The van der Waals surface area contributed by atoms with Crippen molar-refractivity contribution in [3.8, 4) is 11.4 Å². The zero-order chi connectivity index (χ0) is 18.9. The molecule has 7 heteroatoms. The van der Waals surface area contributed by atoms with Gasteiger partial charge in [0, 0.05) is 24.6 Å². The summed E-state index contributed by atoms with van der Waals surface area (Å²) in [5, 5.41) is 4.64. The number of likely N-dealkylation sites (tertiary alicyclic amines) is 1. The van der Waals surface area contributed by atoms with Crippen LogP contribution in [0.3, 0.4) is 0 Å². The molecule has 28 heavy (non-hydrogen) atoms. The van der Waals surface area contributed by atoms with Gasteiger partial charge in [-0.1, -0.05) is 42.5 Å². The fourth-order valence-corrected chi connectivity index (χ4v) is 5.09. The molecule has 0 unspecified atom stereocenters. The Labute approximate surface area is 172 Å². The summed E-state index contributed by atoms with van der Waals surface area (Å²) in [6, 6.07) is 18.5. The first kappa shape index (κ1) is 17.7. The van der Waals surface area contributed by atoms with Gasteiger partial charge in [0.25, 0.3) is 0 Å². The number of para-hydroxylation sites is 1. The Morgan fingerprint density at radius 1 is 1.00 bits per heavy atom. The standard InChI is InChI=1S/C21H21N5S2/c27-21-23-19(15-6-2-1-3-7-15)24-26(21)14-25-12-10-16(11-13-25)20-22-17-8-4-5-9-18(17)28-20/h1-9,16H,10-14H2,(H,23,24,27). The highest BCUT2D eigenvalue weighted by Gasteiger charge is 2.23. The van der Waals surface area contributed by atoms with E-state index in [1.807, 2.05) is 46.4 Å². The number of H-pyrrole nitrogens is 1. The molecule has 4 aromatic rings. The Balaban J connectivity index is 1.25. The number of nitrogens with zero attached hydrogens (tertiary/aromatic N) is 4. The first-order valence-corrected chi connectivity index (χ1v) is 10.8. The summed E-state index contributed by atoms with van der Waals surface area (Å²) in [4.78, 5) is 11.8. The van der Waals surface area contributed by atoms with E-state index in [0.717, 1.165) is 49.5 Å². The predicted molar refractivity (Wildman–Crippen MR) is 116 cm³/mol. The number of fused-ring (bicyclic) bond motifs is 1. The number of benzene rings is 2. The molecule has 5 rings (SSSR count). The minimum atomic E-state index is 0.559. The van der Waals surface area contributed by atoms with Crippen molar-refractivity contribution in [1.82, 2.24) is 24.6 Å². The van der Waals surface area contributed by atoms with Crippen LogP contribution in [0.5, 0.6) is 0 Å². The van der Waals surface area contributed by atoms with Gasteiger partial charge in [-0.25, -0.2) is 9.67 Å². The van der Waals surface area contributed by atoms with E-state index >= 15 is 0 Å². The van der Waals surface area contributed by atoms with E-state index in [1.54, 1.807) is 0 Å². The third kappa shape index (κ3) is 3.53. The van der Waals surface area contributed by atoms with Gasteiger partial charge in [-0.2, -0.15) is 4.98 Å². The molecule has 1 fully saturated rings. The molecule has 0 saturated carbocycles. The van der Waals surface area contributed by atoms with E-state index in [0.29, 0.717) is 10.7 Å². The number of nitrogens with one attached hydrogen (secondary N) is 1. The summed E-state index contributed by atoms with van der Waals surface area (Å²) in [6.07, 6.45) is 2.26. The van der Waals surface area contributed by atoms with Crippen molar-refractivity contribution >= 4 is 33.8 Å². The zero-order valence-electron chi connectivity index (χ0n) is 15.4. The van der Waals surface area contributed by atoms with Crippen LogP contribution in [-0.2, 0) is 6.67 Å². The highest BCUT2D eigenvalue weighted by molar-refractivity contribution is 7.71. The number of thiazole rings is 1. The van der Waals surface area contributed by atoms with E-state index in [4.69, 9.17) is 17.2 Å². The van der Waals surface area contributed by atoms with Gasteiger partial charge in [0.1, 0.15) is 0 Å². The van der Waals surface area contributed by atoms with Gasteiger partial charge in [-0.05, 0) is 37.2 Å². The van der Waals surface area contributed by atoms with Crippen molar-refractivity contribution in [2.24, 2.45) is 0 Å². The van der Waals surface area contributed by atoms with Crippen LogP contribution in [-0.4, -0.2) is 37.7 Å². The molecular weight excluding hydrogens is 386 g/mol. The number of hydrogen-bond acceptors (Lipinski definition) is 5. The molecule has 2 aromatic carbocycles. The fraction of sp³-hybridized carbons (Fsp3) is 0.286. The molecule has 5 nitrogen and oxygen atoms in total. The van der Waals surface area contributed by atoms with E-state index < -0.39 is 0 Å². The second-order valence-electron chi connectivity index (χ2n) is 7.20. The van der Waals surface area contributed by atoms with Crippen molar-refractivity contribution in [1.29, 1.82) is 0 Å². The summed E-state index contributed by atoms with van der Waals surface area (Å²) < 4.78 is 3.86. The third-order valence-electron chi connectivity index (χ3n) is 5.32. The summed E-state index contributed by atoms with van der Waals surface area (Å²) in [6.45, 7) is 2.84. The second kappa shape index (κ2) is 7.58. The second-order valence-corrected chi connectivity index (χ2v) is 8.63. The van der Waals surface area contributed by atoms with Crippen LogP contribution >= 0.6 is 23.6 Å². The fourth-order valence-electron chi connectivity index (χ4n) is 3.76. The molecule has 1 aliphatic rings. The molecule has 0 spiro atoms. The van der Waals surface area contributed by atoms with Crippen LogP contribution in [0.1, 0.15) is 23.8 Å². The zero-order valence-corrected chi connectivity index (χ0v) is 17.0. The number of hydrogen-bond donors (Lipinski definition) is 1. The first-order chi connectivity index (χ1) is 13.8. The monoisotopic (exact) mass is 407 g/mol. The lowest BCUT2D eigenvalue weighted by Crippen LogP contribution is -2.34. The van der Waals surface area contributed by atoms with Crippen molar-refractivity contribution in [3.63, 3.8) is 0 Å². The molecule has 1 N–H and O–H groups in total. The summed E-state index contributed by atoms with van der Waals surface area (Å²) >= 11 is 7.31. The van der Waals surface area contributed by atoms with Crippen molar-refractivity contribution in [2.45, 2.75) is 25.4 Å². The number of rotatable bonds is 4. The van der Waals surface area contributed by atoms with E-state index in [1.165, 1.54) is 9.71 Å². The lowest BCUT2D eigenvalue weighted by Gasteiger charge is -2.30. The number of aromatic amines is 1. The molecule has 0 aliphatic carbocycles. The van der Waals surface area contributed by atoms with Crippen LogP contribution < -0.4 is 0 Å². The predicted octanol–water partition coefficient (Wildman–Crippen LogP) is 5.05. The molecule has 0 amide bonds. The number of piperidine rings is 1. The maximum Gasteiger partial charge on any atom is 0.217 e. The molecule has 2 aromatic heterocycles. The molecule has 1 saturated heterocycles. The Kier molecular flexibility index (Phi) is 4.80. The minimum Gasteiger partial charge on any atom is -0.284 e. The largest absolute Gasteiger partial charge is 0.284 e. The molecule has 0 bridgehead atoms. The molecule has 0 radical (unpaired) electrons. The van der Waals surface area contributed by atoms with Gasteiger partial charge < -0.3 is 0 Å². The van der Waals surface area contributed by atoms with Crippen molar-refractivity contribution in [3.05, 3.63) is 64.4 Å². The third-order valence-corrected chi connectivity index (χ3v) is 6.83. The molecule has 1 aliphatic heterocycles. The normalized spacial score (nSPS) is 16.0. The highest BCUT2D eigenvalue weighted by Crippen LogP contribution is 2.33. The first-order valence-electron chi connectivity index (χ1n) is 9.56. The summed E-state index contributed by atoms with van der Waals surface area (Å²) in [5.74, 6) is 1.39. The van der Waals surface area contributed by atoms with Gasteiger partial charge in [0.2, 0.25) is 4.77 Å². The van der Waals surface area contributed by atoms with Gasteiger partial charge in [0.15, 0.2) is 5.82 Å². The lowest BCUT2D eigenvalue weighted by molar-refractivity contribution is 0.160. The van der Waals surface area contributed by atoms with Crippen molar-refractivity contribution in [2.75, 3.05) is 13.1 Å². The van der Waals surface area contributed by atoms with Gasteiger partial charge >= 0.3 is 0 Å². The molecular formula is C21H21N5S2. The minimum absolute atomic E-state index is 0.559. The number of aromatic nitrogens is 4. The lowest BCUT2D eigenvalue weighted by atomic mass is 9.98. The van der Waals surface area contributed by atoms with E-state index in [-0.39, 0.29) is 0 Å². The Hall–Kier alpha value is -2.35. The topological polar surface area (TPSA) is 49.7 Å². The SMILES string of the molecule is S=c1nc(-c2ccccc2)[nH]n1CN1CCC(c2nc3ccccc3s2)CC1. The van der Waals surface area contributed by atoms with Crippen LogP contribution in [0.15, 0.2) is 54.6 Å². The Morgan fingerprint density at radius 3 is 2.54 bits per heavy atom. The quantitative estimate of drug-likeness (QED) is 0.481. The van der Waals surface area contributed by atoms with Gasteiger partial charge in [-0.3, -0.25) is 10.00 Å². The summed E-state index contributed by atoms with van der Waals surface area (Å²) in [5.41, 5.74) is 2.18. The van der Waals surface area contributed by atoms with Gasteiger partial charge in [-0.15, -0.1) is 11.3 Å². The average molecular weight is 408 g/mol. The smallest absolute Gasteiger partial charge is 0.217 e. The molecule has 0 atom stereocenters. The maximum atomic E-state index is 5.46. The average Bonchev–Trinajstić information content (AvgIpc) is 3.33. The van der Waals surface area contributed by atoms with E-state index in [2.05, 4.69) is 39.2 Å².